The minimum atomic E-state index is -0.941. The number of aliphatic carboxylic acids is 1. The quantitative estimate of drug-likeness (QED) is 0.802. The molecule has 1 aromatic heterocycles. The lowest BCUT2D eigenvalue weighted by Gasteiger charge is -2.03. The number of carboxylic acids is 1. The van der Waals surface area contributed by atoms with Gasteiger partial charge in [0.25, 0.3) is 0 Å². The van der Waals surface area contributed by atoms with Gasteiger partial charge in [-0.1, -0.05) is 30.3 Å². The second-order valence-corrected chi connectivity index (χ2v) is 6.69. The summed E-state index contributed by atoms with van der Waals surface area (Å²) in [5.74, 6) is -0.977. The van der Waals surface area contributed by atoms with Gasteiger partial charge in [0.1, 0.15) is 5.71 Å². The van der Waals surface area contributed by atoms with E-state index in [0.29, 0.717) is 14.5 Å². The van der Waals surface area contributed by atoms with E-state index in [0.717, 1.165) is 11.1 Å². The van der Waals surface area contributed by atoms with Gasteiger partial charge < -0.3 is 10.2 Å². The molecule has 1 aromatic carbocycles. The predicted octanol–water partition coefficient (Wildman–Crippen LogP) is 3.33. The Morgan fingerprint density at radius 1 is 1.33 bits per heavy atom. The molecule has 2 N–H and O–H groups in total. The summed E-state index contributed by atoms with van der Waals surface area (Å²) in [6, 6.07) is 9.61. The topological polar surface area (TPSA) is 87.2 Å². The number of carboxylic acid groups (broad SMARTS) is 1. The molecule has 0 saturated carbocycles. The molecule has 24 heavy (non-hydrogen) atoms. The highest BCUT2D eigenvalue weighted by Gasteiger charge is 2.16. The van der Waals surface area contributed by atoms with Gasteiger partial charge in [-0.3, -0.25) is 9.36 Å². The Labute approximate surface area is 146 Å². The largest absolute Gasteiger partial charge is 0.493 e. The van der Waals surface area contributed by atoms with Crippen LogP contribution in [0.4, 0.5) is 0 Å². The lowest BCUT2D eigenvalue weighted by Crippen LogP contribution is -2.04. The summed E-state index contributed by atoms with van der Waals surface area (Å²) >= 11 is 6.43. The maximum Gasteiger partial charge on any atom is 0.305 e. The van der Waals surface area contributed by atoms with Crippen molar-refractivity contribution in [1.82, 2.24) is 4.57 Å². The summed E-state index contributed by atoms with van der Waals surface area (Å²) in [5, 5.41) is 27.2. The smallest absolute Gasteiger partial charge is 0.305 e. The summed E-state index contributed by atoms with van der Waals surface area (Å²) in [7, 11) is 0. The number of hydrogen-bond donors (Lipinski definition) is 2. The standard InChI is InChI=1S/C16H13N3O3S2/c20-13(21)6-7-19-15(22)12(24-16(19)23)8-11-9-17-18-14(11)10-4-2-1-3-5-10/h1-5,8-9,22H,6-7H2,(H,20,21)/b11-8+. The van der Waals surface area contributed by atoms with E-state index in [2.05, 4.69) is 10.2 Å². The van der Waals surface area contributed by atoms with Gasteiger partial charge in [-0.2, -0.15) is 5.10 Å². The number of nitrogens with zero attached hydrogens (tertiary/aromatic N) is 3. The van der Waals surface area contributed by atoms with Crippen LogP contribution in [0, 0.1) is 3.95 Å². The molecule has 0 unspecified atom stereocenters. The molecule has 2 aromatic rings. The fraction of sp³-hybridized carbons (Fsp3) is 0.125. The molecule has 8 heteroatoms. The van der Waals surface area contributed by atoms with Crippen molar-refractivity contribution in [1.29, 1.82) is 0 Å². The third-order valence-corrected chi connectivity index (χ3v) is 4.79. The van der Waals surface area contributed by atoms with Crippen LogP contribution in [0.2, 0.25) is 0 Å². The average molecular weight is 359 g/mol. The maximum absolute atomic E-state index is 10.7. The number of benzene rings is 1. The molecule has 1 aliphatic heterocycles. The number of hydrogen-bond acceptors (Lipinski definition) is 6. The number of aromatic nitrogens is 1. The highest BCUT2D eigenvalue weighted by molar-refractivity contribution is 7.73. The van der Waals surface area contributed by atoms with Crippen molar-refractivity contribution in [2.75, 3.05) is 0 Å². The molecular weight excluding hydrogens is 346 g/mol. The van der Waals surface area contributed by atoms with Gasteiger partial charge in [-0.15, -0.1) is 16.4 Å². The Morgan fingerprint density at radius 3 is 2.79 bits per heavy atom. The first-order chi connectivity index (χ1) is 11.6. The zero-order valence-electron chi connectivity index (χ0n) is 12.4. The maximum atomic E-state index is 10.7. The van der Waals surface area contributed by atoms with Crippen LogP contribution in [0.3, 0.4) is 0 Å². The second kappa shape index (κ2) is 6.90. The number of allylic oxidation sites excluding steroid dienone is 1. The van der Waals surface area contributed by atoms with Crippen LogP contribution in [-0.4, -0.2) is 32.7 Å². The molecule has 0 atom stereocenters. The van der Waals surface area contributed by atoms with Crippen LogP contribution >= 0.6 is 23.6 Å². The van der Waals surface area contributed by atoms with Gasteiger partial charge in [0, 0.05) is 17.7 Å². The summed E-state index contributed by atoms with van der Waals surface area (Å²) in [5.41, 5.74) is 2.40. The summed E-state index contributed by atoms with van der Waals surface area (Å²) < 4.78 is 1.85. The van der Waals surface area contributed by atoms with Crippen LogP contribution in [-0.2, 0) is 11.3 Å². The van der Waals surface area contributed by atoms with Crippen LogP contribution in [0.5, 0.6) is 5.88 Å². The zero-order valence-corrected chi connectivity index (χ0v) is 14.0. The molecule has 0 saturated heterocycles. The lowest BCUT2D eigenvalue weighted by atomic mass is 10.0. The molecule has 0 aliphatic carbocycles. The van der Waals surface area contributed by atoms with E-state index in [9.17, 15) is 9.90 Å². The normalized spacial score (nSPS) is 15.0. The van der Waals surface area contributed by atoms with E-state index in [1.54, 1.807) is 12.3 Å². The van der Waals surface area contributed by atoms with Crippen molar-refractivity contribution >= 4 is 47.5 Å². The number of thiazole rings is 1. The Balaban J connectivity index is 1.93. The Morgan fingerprint density at radius 2 is 2.08 bits per heavy atom. The molecule has 1 aliphatic rings. The van der Waals surface area contributed by atoms with E-state index in [-0.39, 0.29) is 18.8 Å². The van der Waals surface area contributed by atoms with E-state index >= 15 is 0 Å². The van der Waals surface area contributed by atoms with Crippen molar-refractivity contribution in [2.45, 2.75) is 13.0 Å². The minimum absolute atomic E-state index is 0.0357. The van der Waals surface area contributed by atoms with Crippen molar-refractivity contribution in [2.24, 2.45) is 10.2 Å². The number of carbonyl (C=O) groups is 1. The third-order valence-electron chi connectivity index (χ3n) is 3.40. The van der Waals surface area contributed by atoms with Gasteiger partial charge in [0.05, 0.1) is 17.5 Å². The van der Waals surface area contributed by atoms with E-state index in [1.165, 1.54) is 15.9 Å². The van der Waals surface area contributed by atoms with E-state index in [4.69, 9.17) is 17.3 Å². The van der Waals surface area contributed by atoms with Gasteiger partial charge in [-0.25, -0.2) is 0 Å². The van der Waals surface area contributed by atoms with Gasteiger partial charge >= 0.3 is 5.97 Å². The van der Waals surface area contributed by atoms with Crippen LogP contribution < -0.4 is 0 Å². The fourth-order valence-electron chi connectivity index (χ4n) is 2.25. The first-order valence-electron chi connectivity index (χ1n) is 7.09. The van der Waals surface area contributed by atoms with E-state index < -0.39 is 5.97 Å². The average Bonchev–Trinajstić information content (AvgIpc) is 3.12. The van der Waals surface area contributed by atoms with Crippen LogP contribution in [0.25, 0.3) is 6.08 Å². The molecule has 122 valence electrons. The molecule has 0 fully saturated rings. The molecular formula is C16H13N3O3S2. The molecule has 0 amide bonds. The first-order valence-corrected chi connectivity index (χ1v) is 8.31. The Bertz CT molecular complexity index is 924. The number of aromatic hydroxyl groups is 1. The Kier molecular flexibility index (Phi) is 4.68. The van der Waals surface area contributed by atoms with Crippen molar-refractivity contribution in [3.63, 3.8) is 0 Å². The lowest BCUT2D eigenvalue weighted by molar-refractivity contribution is -0.137. The minimum Gasteiger partial charge on any atom is -0.493 e. The molecule has 2 heterocycles. The van der Waals surface area contributed by atoms with Crippen molar-refractivity contribution in [3.05, 3.63) is 50.3 Å². The zero-order chi connectivity index (χ0) is 17.1. The second-order valence-electron chi connectivity index (χ2n) is 5.01. The molecule has 6 nitrogen and oxygen atoms in total. The summed E-state index contributed by atoms with van der Waals surface area (Å²) in [6.07, 6.45) is 3.27. The third kappa shape index (κ3) is 3.34. The highest BCUT2D eigenvalue weighted by Crippen LogP contribution is 2.29. The van der Waals surface area contributed by atoms with E-state index in [1.807, 2.05) is 30.3 Å². The first kappa shape index (κ1) is 16.3. The highest BCUT2D eigenvalue weighted by atomic mass is 32.1. The predicted molar refractivity (Wildman–Crippen MR) is 96.5 cm³/mol. The van der Waals surface area contributed by atoms with Crippen molar-refractivity contribution < 1.29 is 15.0 Å². The van der Waals surface area contributed by atoms with Crippen LogP contribution in [0.1, 0.15) is 16.9 Å². The fourth-order valence-corrected chi connectivity index (χ4v) is 3.56. The summed E-state index contributed by atoms with van der Waals surface area (Å²) in [6.45, 7) is 0.132. The summed E-state index contributed by atoms with van der Waals surface area (Å²) in [4.78, 5) is 11.3. The van der Waals surface area contributed by atoms with Crippen molar-refractivity contribution in [3.8, 4) is 5.88 Å². The van der Waals surface area contributed by atoms with Gasteiger partial charge in [-0.05, 0) is 18.3 Å². The van der Waals surface area contributed by atoms with Gasteiger partial charge in [0.15, 0.2) is 3.95 Å². The number of rotatable bonds is 5. The molecule has 3 rings (SSSR count). The van der Waals surface area contributed by atoms with Crippen LogP contribution in [0.15, 0.2) is 46.1 Å². The SMILES string of the molecule is O=C(O)CCn1c(O)c(/C=C2\C=NN=C2c2ccccc2)sc1=S. The van der Waals surface area contributed by atoms with Gasteiger partial charge in [0.2, 0.25) is 5.88 Å². The monoisotopic (exact) mass is 359 g/mol. The Hall–Kier alpha value is -2.58. The molecule has 0 bridgehead atoms. The molecule has 0 radical (unpaired) electrons. The molecule has 0 spiro atoms.